The van der Waals surface area contributed by atoms with E-state index in [-0.39, 0.29) is 11.5 Å². The number of ether oxygens (including phenoxy) is 1. The van der Waals surface area contributed by atoms with Crippen LogP contribution < -0.4 is 16.0 Å². The van der Waals surface area contributed by atoms with E-state index in [0.717, 1.165) is 23.1 Å². The van der Waals surface area contributed by atoms with Crippen LogP contribution in [0.25, 0.3) is 5.65 Å². The molecule has 1 aliphatic heterocycles. The third kappa shape index (κ3) is 3.40. The summed E-state index contributed by atoms with van der Waals surface area (Å²) in [5.41, 5.74) is -0.387. The molecule has 1 fully saturated rings. The molecule has 146 valence electrons. The minimum atomic E-state index is -0.583. The minimum absolute atomic E-state index is 0.0189. The summed E-state index contributed by atoms with van der Waals surface area (Å²) < 4.78 is 8.35. The lowest BCUT2D eigenvalue weighted by Crippen LogP contribution is -2.44. The zero-order chi connectivity index (χ0) is 19.7. The Balaban J connectivity index is 1.34. The predicted octanol–water partition coefficient (Wildman–Crippen LogP) is 0.0475. The van der Waals surface area contributed by atoms with Gasteiger partial charge in [-0.3, -0.25) is 14.2 Å². The lowest BCUT2D eigenvalue weighted by Gasteiger charge is -2.31. The van der Waals surface area contributed by atoms with E-state index >= 15 is 0 Å². The smallest absolute Gasteiger partial charge is 0.328 e. The molecule has 1 aliphatic rings. The topological polar surface area (TPSA) is 115 Å². The van der Waals surface area contributed by atoms with Gasteiger partial charge >= 0.3 is 5.69 Å². The van der Waals surface area contributed by atoms with Crippen LogP contribution in [0, 0.1) is 5.92 Å². The van der Waals surface area contributed by atoms with Crippen molar-refractivity contribution in [1.82, 2.24) is 29.0 Å². The van der Waals surface area contributed by atoms with Crippen molar-refractivity contribution in [3.05, 3.63) is 57.1 Å². The van der Waals surface area contributed by atoms with Gasteiger partial charge in [0.25, 0.3) is 11.5 Å². The molecule has 0 bridgehead atoms. The van der Waals surface area contributed by atoms with E-state index in [0.29, 0.717) is 31.5 Å². The van der Waals surface area contributed by atoms with Gasteiger partial charge in [0, 0.05) is 44.8 Å². The number of nitrogens with zero attached hydrogens (tertiary/aromatic N) is 5. The summed E-state index contributed by atoms with van der Waals surface area (Å²) in [6, 6.07) is 3.63. The van der Waals surface area contributed by atoms with Crippen molar-refractivity contribution in [2.24, 2.45) is 13.0 Å². The highest BCUT2D eigenvalue weighted by Crippen LogP contribution is 2.19. The lowest BCUT2D eigenvalue weighted by molar-refractivity contribution is 0.0656. The molecule has 0 spiro atoms. The lowest BCUT2D eigenvalue weighted by atomic mass is 9.97. The summed E-state index contributed by atoms with van der Waals surface area (Å²) in [5, 5.41) is 4.33. The fraction of sp³-hybridized carbons (Fsp3) is 0.389. The molecule has 28 heavy (non-hydrogen) atoms. The Morgan fingerprint density at radius 2 is 2.07 bits per heavy atom. The van der Waals surface area contributed by atoms with Gasteiger partial charge in [-0.2, -0.15) is 0 Å². The number of amides is 1. The van der Waals surface area contributed by atoms with Gasteiger partial charge in [0.1, 0.15) is 5.56 Å². The van der Waals surface area contributed by atoms with Crippen molar-refractivity contribution >= 4 is 11.6 Å². The fourth-order valence-electron chi connectivity index (χ4n) is 3.27. The quantitative estimate of drug-likeness (QED) is 0.680. The Kier molecular flexibility index (Phi) is 4.68. The van der Waals surface area contributed by atoms with Gasteiger partial charge in [-0.25, -0.2) is 14.3 Å². The average Bonchev–Trinajstić information content (AvgIpc) is 3.18. The molecule has 0 aliphatic carbocycles. The highest BCUT2D eigenvalue weighted by Gasteiger charge is 2.26. The van der Waals surface area contributed by atoms with Crippen molar-refractivity contribution < 1.29 is 9.53 Å². The molecule has 4 rings (SSSR count). The second-order valence-electron chi connectivity index (χ2n) is 6.82. The van der Waals surface area contributed by atoms with E-state index < -0.39 is 11.2 Å². The second kappa shape index (κ2) is 7.29. The van der Waals surface area contributed by atoms with E-state index in [1.54, 1.807) is 27.9 Å². The molecule has 3 aromatic heterocycles. The summed E-state index contributed by atoms with van der Waals surface area (Å²) in [6.07, 6.45) is 6.16. The zero-order valence-electron chi connectivity index (χ0n) is 15.4. The largest absolute Gasteiger partial charge is 0.476 e. The Morgan fingerprint density at radius 1 is 1.29 bits per heavy atom. The van der Waals surface area contributed by atoms with Crippen LogP contribution in [0.2, 0.25) is 0 Å². The maximum absolute atomic E-state index is 12.6. The van der Waals surface area contributed by atoms with Crippen molar-refractivity contribution in [2.75, 3.05) is 19.7 Å². The highest BCUT2D eigenvalue weighted by molar-refractivity contribution is 5.93. The summed E-state index contributed by atoms with van der Waals surface area (Å²) in [5.74, 6) is 0.465. The zero-order valence-corrected chi connectivity index (χ0v) is 15.4. The number of imidazole rings is 1. The standard InChI is InChI=1S/C18H20N6O4/c1-22-16(25)13(10-20-18(22)27)17(26)23-7-4-12(5-8-23)11-28-15-3-2-14-19-6-9-24(14)21-15/h2-3,6,9-10,12H,4-5,7-8,11H2,1H3,(H,20,27). The molecule has 10 heteroatoms. The number of carbonyl (C=O) groups excluding carboxylic acids is 1. The molecule has 1 saturated heterocycles. The molecule has 10 nitrogen and oxygen atoms in total. The predicted molar refractivity (Wildman–Crippen MR) is 99.4 cm³/mol. The summed E-state index contributed by atoms with van der Waals surface area (Å²) in [6.45, 7) is 1.57. The molecular weight excluding hydrogens is 364 g/mol. The molecule has 4 heterocycles. The molecule has 0 aromatic carbocycles. The number of likely N-dealkylation sites (tertiary alicyclic amines) is 1. The maximum Gasteiger partial charge on any atom is 0.328 e. The molecule has 0 radical (unpaired) electrons. The fourth-order valence-corrected chi connectivity index (χ4v) is 3.27. The third-order valence-electron chi connectivity index (χ3n) is 5.01. The van der Waals surface area contributed by atoms with E-state index in [2.05, 4.69) is 15.1 Å². The van der Waals surface area contributed by atoms with Crippen LogP contribution in [0.4, 0.5) is 0 Å². The first-order chi connectivity index (χ1) is 13.5. The van der Waals surface area contributed by atoms with Gasteiger partial charge in [-0.15, -0.1) is 5.10 Å². The van der Waals surface area contributed by atoms with Crippen LogP contribution in [0.15, 0.2) is 40.3 Å². The SMILES string of the molecule is Cn1c(=O)[nH]cc(C(=O)N2CCC(COc3ccc4nccn4n3)CC2)c1=O. The number of hydrogen-bond donors (Lipinski definition) is 1. The number of H-pyrrole nitrogens is 1. The number of piperidine rings is 1. The van der Waals surface area contributed by atoms with E-state index in [9.17, 15) is 14.4 Å². The number of nitrogens with one attached hydrogen (secondary N) is 1. The molecule has 0 saturated carbocycles. The number of hydrogen-bond acceptors (Lipinski definition) is 6. The van der Waals surface area contributed by atoms with Crippen LogP contribution in [-0.4, -0.2) is 54.7 Å². The van der Waals surface area contributed by atoms with Crippen LogP contribution in [0.3, 0.4) is 0 Å². The Bertz CT molecular complexity index is 1120. The number of aromatic nitrogens is 5. The molecule has 0 atom stereocenters. The monoisotopic (exact) mass is 384 g/mol. The summed E-state index contributed by atoms with van der Waals surface area (Å²) in [7, 11) is 1.34. The van der Waals surface area contributed by atoms with Gasteiger partial charge in [0.2, 0.25) is 5.88 Å². The van der Waals surface area contributed by atoms with Crippen molar-refractivity contribution in [3.8, 4) is 5.88 Å². The number of rotatable bonds is 4. The normalized spacial score (nSPS) is 15.1. The second-order valence-corrected chi connectivity index (χ2v) is 6.82. The molecular formula is C18H20N6O4. The molecule has 1 N–H and O–H groups in total. The first-order valence-electron chi connectivity index (χ1n) is 9.04. The van der Waals surface area contributed by atoms with Gasteiger partial charge in [-0.1, -0.05) is 0 Å². The minimum Gasteiger partial charge on any atom is -0.476 e. The van der Waals surface area contributed by atoms with Gasteiger partial charge in [0.05, 0.1) is 6.61 Å². The summed E-state index contributed by atoms with van der Waals surface area (Å²) >= 11 is 0. The van der Waals surface area contributed by atoms with Crippen molar-refractivity contribution in [1.29, 1.82) is 0 Å². The highest BCUT2D eigenvalue weighted by atomic mass is 16.5. The van der Waals surface area contributed by atoms with Crippen LogP contribution in [-0.2, 0) is 7.05 Å². The van der Waals surface area contributed by atoms with Gasteiger partial charge in [0.15, 0.2) is 5.65 Å². The van der Waals surface area contributed by atoms with E-state index in [4.69, 9.17) is 4.74 Å². The number of fused-ring (bicyclic) bond motifs is 1. The van der Waals surface area contributed by atoms with Gasteiger partial charge < -0.3 is 14.6 Å². The third-order valence-corrected chi connectivity index (χ3v) is 5.01. The van der Waals surface area contributed by atoms with Crippen LogP contribution in [0.1, 0.15) is 23.2 Å². The number of aromatic amines is 1. The van der Waals surface area contributed by atoms with Gasteiger partial charge in [-0.05, 0) is 24.8 Å². The number of carbonyl (C=O) groups is 1. The van der Waals surface area contributed by atoms with Crippen LogP contribution in [0.5, 0.6) is 5.88 Å². The molecule has 3 aromatic rings. The van der Waals surface area contributed by atoms with E-state index in [1.165, 1.54) is 13.2 Å². The average molecular weight is 384 g/mol. The summed E-state index contributed by atoms with van der Waals surface area (Å²) in [4.78, 5) is 44.4. The van der Waals surface area contributed by atoms with Crippen LogP contribution >= 0.6 is 0 Å². The Morgan fingerprint density at radius 3 is 2.86 bits per heavy atom. The van der Waals surface area contributed by atoms with Crippen molar-refractivity contribution in [3.63, 3.8) is 0 Å². The molecule has 0 unspecified atom stereocenters. The molecule has 1 amide bonds. The van der Waals surface area contributed by atoms with Crippen molar-refractivity contribution in [2.45, 2.75) is 12.8 Å². The first kappa shape index (κ1) is 18.0. The Hall–Kier alpha value is -3.43. The first-order valence-corrected chi connectivity index (χ1v) is 9.04. The Labute approximate surface area is 159 Å². The maximum atomic E-state index is 12.6. The van der Waals surface area contributed by atoms with E-state index in [1.807, 2.05) is 6.07 Å².